The van der Waals surface area contributed by atoms with Crippen LogP contribution in [0.25, 0.3) is 0 Å². The molecule has 0 saturated heterocycles. The molecule has 0 spiro atoms. The van der Waals surface area contributed by atoms with Crippen molar-refractivity contribution in [2.24, 2.45) is 0 Å². The molecule has 1 aromatic carbocycles. The van der Waals surface area contributed by atoms with Crippen molar-refractivity contribution in [3.05, 3.63) is 41.1 Å². The second-order valence-corrected chi connectivity index (χ2v) is 5.71. The van der Waals surface area contributed by atoms with Gasteiger partial charge in [0.25, 0.3) is 0 Å². The fraction of sp³-hybridized carbons (Fsp3) is 0.400. The van der Waals surface area contributed by atoms with Gasteiger partial charge in [-0.15, -0.1) is 5.10 Å². The highest BCUT2D eigenvalue weighted by molar-refractivity contribution is 7.10. The highest BCUT2D eigenvalue weighted by Gasteiger charge is 2.10. The molecule has 0 fully saturated rings. The quantitative estimate of drug-likeness (QED) is 0.852. The maximum Gasteiger partial charge on any atom is 0.134 e. The predicted molar refractivity (Wildman–Crippen MR) is 85.0 cm³/mol. The van der Waals surface area contributed by atoms with Crippen molar-refractivity contribution >= 4 is 16.5 Å². The Bertz CT molecular complexity index is 617. The third-order valence-electron chi connectivity index (χ3n) is 3.02. The van der Waals surface area contributed by atoms with Gasteiger partial charge >= 0.3 is 0 Å². The number of anilines is 1. The largest absolute Gasteiger partial charge is 0.374 e. The molecule has 6 heteroatoms. The fourth-order valence-electron chi connectivity index (χ4n) is 2.05. The second kappa shape index (κ2) is 7.72. The molecule has 110 valence electrons. The number of nitriles is 1. The molecule has 2 rings (SSSR count). The molecule has 1 heterocycles. The van der Waals surface area contributed by atoms with Crippen LogP contribution >= 0.6 is 11.5 Å². The molecule has 0 aliphatic carbocycles. The Kier molecular flexibility index (Phi) is 5.67. The van der Waals surface area contributed by atoms with Crippen LogP contribution in [0.2, 0.25) is 0 Å². The van der Waals surface area contributed by atoms with Crippen LogP contribution in [0.3, 0.4) is 0 Å². The molecule has 0 saturated carbocycles. The van der Waals surface area contributed by atoms with E-state index < -0.39 is 0 Å². The van der Waals surface area contributed by atoms with Gasteiger partial charge < -0.3 is 5.32 Å². The summed E-state index contributed by atoms with van der Waals surface area (Å²) in [6.45, 7) is 4.58. The van der Waals surface area contributed by atoms with Gasteiger partial charge in [-0.1, -0.05) is 23.5 Å². The van der Waals surface area contributed by atoms with Crippen LogP contribution in [0.15, 0.2) is 24.3 Å². The summed E-state index contributed by atoms with van der Waals surface area (Å²) in [5, 5.41) is 17.5. The van der Waals surface area contributed by atoms with Crippen molar-refractivity contribution in [2.75, 3.05) is 18.9 Å². The Hall–Kier alpha value is -1.97. The molecule has 2 aromatic rings. The molecule has 1 N–H and O–H groups in total. The van der Waals surface area contributed by atoms with Crippen molar-refractivity contribution in [2.45, 2.75) is 26.4 Å². The molecule has 0 unspecified atom stereocenters. The molecule has 5 nitrogen and oxygen atoms in total. The second-order valence-electron chi connectivity index (χ2n) is 4.96. The minimum absolute atomic E-state index is 0.696. The van der Waals surface area contributed by atoms with Gasteiger partial charge in [0, 0.05) is 31.2 Å². The summed E-state index contributed by atoms with van der Waals surface area (Å²) in [4.78, 5) is 2.17. The zero-order valence-electron chi connectivity index (χ0n) is 12.3. The third kappa shape index (κ3) is 4.52. The summed E-state index contributed by atoms with van der Waals surface area (Å²) in [7, 11) is 2.04. The van der Waals surface area contributed by atoms with Crippen LogP contribution in [-0.2, 0) is 13.1 Å². The van der Waals surface area contributed by atoms with E-state index >= 15 is 0 Å². The maximum atomic E-state index is 8.93. The Morgan fingerprint density at radius 3 is 3.00 bits per heavy atom. The summed E-state index contributed by atoms with van der Waals surface area (Å²) in [5.74, 6) is 0. The van der Waals surface area contributed by atoms with Crippen LogP contribution in [-0.4, -0.2) is 28.1 Å². The van der Waals surface area contributed by atoms with Crippen molar-refractivity contribution in [3.63, 3.8) is 0 Å². The molecule has 1 aromatic heterocycles. The minimum atomic E-state index is 0.696. The molecule has 0 bridgehead atoms. The monoisotopic (exact) mass is 301 g/mol. The number of hydrogen-bond acceptors (Lipinski definition) is 6. The van der Waals surface area contributed by atoms with E-state index in [0.29, 0.717) is 5.56 Å². The summed E-state index contributed by atoms with van der Waals surface area (Å²) in [6.07, 6.45) is 1.08. The normalized spacial score (nSPS) is 10.6. The molecular formula is C15H19N5S. The molecule has 0 amide bonds. The van der Waals surface area contributed by atoms with Gasteiger partial charge in [-0.25, -0.2) is 0 Å². The first-order chi connectivity index (χ1) is 10.2. The molecule has 0 radical (unpaired) electrons. The van der Waals surface area contributed by atoms with E-state index in [1.54, 1.807) is 0 Å². The average molecular weight is 301 g/mol. The van der Waals surface area contributed by atoms with Crippen LogP contribution in [0.1, 0.15) is 30.2 Å². The van der Waals surface area contributed by atoms with Gasteiger partial charge in [0.2, 0.25) is 0 Å². The molecular weight excluding hydrogens is 282 g/mol. The lowest BCUT2D eigenvalue weighted by molar-refractivity contribution is 0.315. The number of hydrogen-bond donors (Lipinski definition) is 1. The maximum absolute atomic E-state index is 8.93. The Morgan fingerprint density at radius 2 is 2.24 bits per heavy atom. The number of aromatic nitrogens is 2. The zero-order chi connectivity index (χ0) is 15.1. The minimum Gasteiger partial charge on any atom is -0.374 e. The van der Waals surface area contributed by atoms with Crippen molar-refractivity contribution < 1.29 is 0 Å². The first-order valence-corrected chi connectivity index (χ1v) is 7.73. The van der Waals surface area contributed by atoms with Crippen molar-refractivity contribution in [1.29, 1.82) is 5.26 Å². The third-order valence-corrected chi connectivity index (χ3v) is 3.75. The summed E-state index contributed by atoms with van der Waals surface area (Å²) < 4.78 is 4.02. The van der Waals surface area contributed by atoms with Gasteiger partial charge in [-0.2, -0.15) is 5.26 Å². The molecule has 0 aliphatic heterocycles. The van der Waals surface area contributed by atoms with E-state index in [1.165, 1.54) is 11.5 Å². The van der Waals surface area contributed by atoms with Gasteiger partial charge in [0.15, 0.2) is 0 Å². The average Bonchev–Trinajstić information content (AvgIpc) is 2.92. The van der Waals surface area contributed by atoms with E-state index in [-0.39, 0.29) is 0 Å². The first kappa shape index (κ1) is 15.4. The number of benzene rings is 1. The van der Waals surface area contributed by atoms with E-state index in [4.69, 9.17) is 5.26 Å². The summed E-state index contributed by atoms with van der Waals surface area (Å²) in [6, 6.07) is 9.86. The number of nitrogens with zero attached hydrogens (tertiary/aromatic N) is 4. The SMILES string of the molecule is CCCNc1snnc1CN(C)Cc1cccc(C#N)c1. The van der Waals surface area contributed by atoms with Gasteiger partial charge in [0.05, 0.1) is 11.6 Å². The Balaban J connectivity index is 1.96. The summed E-state index contributed by atoms with van der Waals surface area (Å²) in [5.41, 5.74) is 2.80. The molecule has 0 atom stereocenters. The zero-order valence-corrected chi connectivity index (χ0v) is 13.2. The lowest BCUT2D eigenvalue weighted by Gasteiger charge is -2.16. The predicted octanol–water partition coefficient (Wildman–Crippen LogP) is 2.86. The van der Waals surface area contributed by atoms with E-state index in [9.17, 15) is 0 Å². The highest BCUT2D eigenvalue weighted by Crippen LogP contribution is 2.19. The van der Waals surface area contributed by atoms with Crippen LogP contribution < -0.4 is 5.32 Å². The first-order valence-electron chi connectivity index (χ1n) is 6.95. The van der Waals surface area contributed by atoms with Crippen LogP contribution in [0, 0.1) is 11.3 Å². The summed E-state index contributed by atoms with van der Waals surface area (Å²) >= 11 is 1.40. The lowest BCUT2D eigenvalue weighted by Crippen LogP contribution is -2.18. The highest BCUT2D eigenvalue weighted by atomic mass is 32.1. The fourth-order valence-corrected chi connectivity index (χ4v) is 2.65. The Labute approximate surface area is 129 Å². The smallest absolute Gasteiger partial charge is 0.134 e. The van der Waals surface area contributed by atoms with E-state index in [0.717, 1.165) is 42.3 Å². The van der Waals surface area contributed by atoms with Gasteiger partial charge in [-0.05, 0) is 31.2 Å². The van der Waals surface area contributed by atoms with E-state index in [1.807, 2.05) is 31.3 Å². The number of rotatable bonds is 7. The van der Waals surface area contributed by atoms with Crippen LogP contribution in [0.5, 0.6) is 0 Å². The van der Waals surface area contributed by atoms with Gasteiger partial charge in [-0.3, -0.25) is 4.90 Å². The lowest BCUT2D eigenvalue weighted by atomic mass is 10.1. The van der Waals surface area contributed by atoms with Crippen molar-refractivity contribution in [1.82, 2.24) is 14.5 Å². The van der Waals surface area contributed by atoms with Gasteiger partial charge in [0.1, 0.15) is 10.7 Å². The Morgan fingerprint density at radius 1 is 1.38 bits per heavy atom. The topological polar surface area (TPSA) is 64.8 Å². The molecule has 21 heavy (non-hydrogen) atoms. The molecule has 0 aliphatic rings. The van der Waals surface area contributed by atoms with Crippen molar-refractivity contribution in [3.8, 4) is 6.07 Å². The van der Waals surface area contributed by atoms with Crippen LogP contribution in [0.4, 0.5) is 5.00 Å². The standard InChI is InChI=1S/C15H19N5S/c1-3-7-17-15-14(18-19-21-15)11-20(2)10-13-6-4-5-12(8-13)9-16/h4-6,8,17H,3,7,10-11H2,1-2H3. The van der Waals surface area contributed by atoms with E-state index in [2.05, 4.69) is 32.8 Å². The number of nitrogens with one attached hydrogen (secondary N) is 1.